The van der Waals surface area contributed by atoms with E-state index in [-0.39, 0.29) is 13.2 Å². The molecule has 0 radical (unpaired) electrons. The molecular weight excluding hydrogens is 218 g/mol. The summed E-state index contributed by atoms with van der Waals surface area (Å²) < 4.78 is 9.22. The molecule has 0 aromatic heterocycles. The molecule has 0 unspecified atom stereocenters. The van der Waals surface area contributed by atoms with Crippen LogP contribution in [0.15, 0.2) is 24.3 Å². The van der Waals surface area contributed by atoms with Gasteiger partial charge < -0.3 is 9.47 Å². The Morgan fingerprint density at radius 3 is 2.47 bits per heavy atom. The summed E-state index contributed by atoms with van der Waals surface area (Å²) in [6.07, 6.45) is -0.721. The Labute approximate surface area is 99.8 Å². The van der Waals surface area contributed by atoms with Crippen LogP contribution in [-0.2, 0) is 9.47 Å². The molecule has 0 bridgehead atoms. The fraction of sp³-hybridized carbons (Fsp3) is 0.231. The van der Waals surface area contributed by atoms with Crippen LogP contribution < -0.4 is 0 Å². The molecule has 1 aromatic rings. The highest BCUT2D eigenvalue weighted by Crippen LogP contribution is 2.01. The number of nitriles is 1. The van der Waals surface area contributed by atoms with Crippen molar-refractivity contribution in [1.82, 2.24) is 0 Å². The predicted octanol–water partition coefficient (Wildman–Crippen LogP) is 2.08. The van der Waals surface area contributed by atoms with Crippen molar-refractivity contribution < 1.29 is 14.3 Å². The van der Waals surface area contributed by atoms with Crippen molar-refractivity contribution in [2.45, 2.75) is 6.92 Å². The van der Waals surface area contributed by atoms with Crippen LogP contribution in [0.5, 0.6) is 0 Å². The Morgan fingerprint density at radius 2 is 1.88 bits per heavy atom. The van der Waals surface area contributed by atoms with Crippen molar-refractivity contribution in [1.29, 1.82) is 5.26 Å². The standard InChI is InChI=1S/C13H11NO3/c1-2-16-13(15)17-9-3-4-11-5-7-12(10-14)8-6-11/h5-8H,2,9H2,1H3. The lowest BCUT2D eigenvalue weighted by Gasteiger charge is -1.98. The third-order valence-electron chi connectivity index (χ3n) is 1.77. The fourth-order valence-electron chi connectivity index (χ4n) is 1.02. The van der Waals surface area contributed by atoms with Gasteiger partial charge in [-0.3, -0.25) is 0 Å². The molecule has 0 aliphatic carbocycles. The van der Waals surface area contributed by atoms with Crippen LogP contribution >= 0.6 is 0 Å². The predicted molar refractivity (Wildman–Crippen MR) is 61.0 cm³/mol. The number of ether oxygens (including phenoxy) is 2. The van der Waals surface area contributed by atoms with Gasteiger partial charge in [0.15, 0.2) is 6.61 Å². The largest absolute Gasteiger partial charge is 0.509 e. The maximum Gasteiger partial charge on any atom is 0.509 e. The van der Waals surface area contributed by atoms with E-state index < -0.39 is 6.16 Å². The number of rotatable bonds is 2. The van der Waals surface area contributed by atoms with E-state index in [1.807, 2.05) is 6.07 Å². The van der Waals surface area contributed by atoms with Crippen LogP contribution in [0.3, 0.4) is 0 Å². The first kappa shape index (κ1) is 12.6. The quantitative estimate of drug-likeness (QED) is 0.575. The molecule has 0 spiro atoms. The molecule has 17 heavy (non-hydrogen) atoms. The monoisotopic (exact) mass is 229 g/mol. The highest BCUT2D eigenvalue weighted by molar-refractivity contribution is 5.60. The average Bonchev–Trinajstić information content (AvgIpc) is 2.36. The molecule has 0 saturated carbocycles. The molecule has 4 heteroatoms. The minimum absolute atomic E-state index is 0.0150. The van der Waals surface area contributed by atoms with Crippen LogP contribution in [0.25, 0.3) is 0 Å². The van der Waals surface area contributed by atoms with E-state index in [9.17, 15) is 4.79 Å². The molecule has 0 aliphatic rings. The molecule has 1 aromatic carbocycles. The van der Waals surface area contributed by atoms with Crippen molar-refractivity contribution in [3.8, 4) is 17.9 Å². The second-order valence-electron chi connectivity index (χ2n) is 2.96. The summed E-state index contributed by atoms with van der Waals surface area (Å²) in [5.74, 6) is 5.47. The summed E-state index contributed by atoms with van der Waals surface area (Å²) in [6.45, 7) is 1.96. The molecule has 0 fully saturated rings. The van der Waals surface area contributed by atoms with Gasteiger partial charge in [-0.15, -0.1) is 0 Å². The van der Waals surface area contributed by atoms with E-state index in [1.165, 1.54) is 0 Å². The Hall–Kier alpha value is -2.46. The Balaban J connectivity index is 2.44. The minimum Gasteiger partial charge on any atom is -0.435 e. The van der Waals surface area contributed by atoms with Crippen LogP contribution in [-0.4, -0.2) is 19.4 Å². The zero-order valence-electron chi connectivity index (χ0n) is 9.40. The lowest BCUT2D eigenvalue weighted by Crippen LogP contribution is -2.06. The van der Waals surface area contributed by atoms with E-state index >= 15 is 0 Å². The van der Waals surface area contributed by atoms with E-state index in [2.05, 4.69) is 21.3 Å². The number of nitrogens with zero attached hydrogens (tertiary/aromatic N) is 1. The molecular formula is C13H11NO3. The maximum absolute atomic E-state index is 10.8. The van der Waals surface area contributed by atoms with Crippen molar-refractivity contribution in [2.75, 3.05) is 13.2 Å². The third-order valence-corrected chi connectivity index (χ3v) is 1.77. The molecule has 0 aliphatic heterocycles. The normalized spacial score (nSPS) is 8.47. The highest BCUT2D eigenvalue weighted by atomic mass is 16.7. The first-order valence-electron chi connectivity index (χ1n) is 5.05. The van der Waals surface area contributed by atoms with Gasteiger partial charge in [-0.05, 0) is 31.2 Å². The number of carbonyl (C=O) groups is 1. The first-order valence-corrected chi connectivity index (χ1v) is 5.05. The van der Waals surface area contributed by atoms with Gasteiger partial charge in [-0.25, -0.2) is 4.79 Å². The second kappa shape index (κ2) is 6.92. The SMILES string of the molecule is CCOC(=O)OCC#Cc1ccc(C#N)cc1. The highest BCUT2D eigenvalue weighted by Gasteiger charge is 1.98. The van der Waals surface area contributed by atoms with Crippen LogP contribution in [0.2, 0.25) is 0 Å². The summed E-state index contributed by atoms with van der Waals surface area (Å²) in [6, 6.07) is 8.83. The number of hydrogen-bond acceptors (Lipinski definition) is 4. The summed E-state index contributed by atoms with van der Waals surface area (Å²) in [5, 5.41) is 8.60. The molecule has 4 nitrogen and oxygen atoms in total. The number of carbonyl (C=O) groups excluding carboxylic acids is 1. The number of benzene rings is 1. The molecule has 0 amide bonds. The van der Waals surface area contributed by atoms with E-state index in [4.69, 9.17) is 5.26 Å². The summed E-state index contributed by atoms with van der Waals surface area (Å²) in [5.41, 5.74) is 1.34. The first-order chi connectivity index (χ1) is 8.26. The van der Waals surface area contributed by atoms with Gasteiger partial charge in [0.1, 0.15) is 0 Å². The van der Waals surface area contributed by atoms with Gasteiger partial charge in [-0.2, -0.15) is 5.26 Å². The lowest BCUT2D eigenvalue weighted by molar-refractivity contribution is 0.0687. The van der Waals surface area contributed by atoms with Gasteiger partial charge in [0.05, 0.1) is 18.2 Å². The topological polar surface area (TPSA) is 59.3 Å². The van der Waals surface area contributed by atoms with Gasteiger partial charge in [0.2, 0.25) is 0 Å². The van der Waals surface area contributed by atoms with Crippen molar-refractivity contribution in [3.05, 3.63) is 35.4 Å². The summed E-state index contributed by atoms with van der Waals surface area (Å²) >= 11 is 0. The molecule has 1 rings (SSSR count). The molecule has 0 atom stereocenters. The number of hydrogen-bond donors (Lipinski definition) is 0. The van der Waals surface area contributed by atoms with Crippen LogP contribution in [0, 0.1) is 23.2 Å². The van der Waals surface area contributed by atoms with Gasteiger partial charge >= 0.3 is 6.16 Å². The van der Waals surface area contributed by atoms with E-state index in [0.29, 0.717) is 5.56 Å². The molecule has 0 saturated heterocycles. The van der Waals surface area contributed by atoms with E-state index in [0.717, 1.165) is 5.56 Å². The molecule has 0 N–H and O–H groups in total. The second-order valence-corrected chi connectivity index (χ2v) is 2.96. The van der Waals surface area contributed by atoms with Crippen LogP contribution in [0.1, 0.15) is 18.1 Å². The van der Waals surface area contributed by atoms with Crippen molar-refractivity contribution in [2.24, 2.45) is 0 Å². The average molecular weight is 229 g/mol. The van der Waals surface area contributed by atoms with Gasteiger partial charge in [-0.1, -0.05) is 11.8 Å². The molecule has 86 valence electrons. The van der Waals surface area contributed by atoms with Gasteiger partial charge in [0, 0.05) is 5.56 Å². The Kier molecular flexibility index (Phi) is 5.13. The summed E-state index contributed by atoms with van der Waals surface area (Å²) in [4.78, 5) is 10.8. The van der Waals surface area contributed by atoms with Crippen molar-refractivity contribution in [3.63, 3.8) is 0 Å². The Morgan fingerprint density at radius 1 is 1.24 bits per heavy atom. The van der Waals surface area contributed by atoms with Crippen LogP contribution in [0.4, 0.5) is 4.79 Å². The van der Waals surface area contributed by atoms with Crippen molar-refractivity contribution >= 4 is 6.16 Å². The van der Waals surface area contributed by atoms with E-state index in [1.54, 1.807) is 31.2 Å². The fourth-order valence-corrected chi connectivity index (χ4v) is 1.02. The van der Waals surface area contributed by atoms with Gasteiger partial charge in [0.25, 0.3) is 0 Å². The zero-order valence-corrected chi connectivity index (χ0v) is 9.40. The minimum atomic E-state index is -0.721. The Bertz CT molecular complexity index is 474. The summed E-state index contributed by atoms with van der Waals surface area (Å²) in [7, 11) is 0. The molecule has 0 heterocycles. The maximum atomic E-state index is 10.8. The zero-order chi connectivity index (χ0) is 12.5. The smallest absolute Gasteiger partial charge is 0.435 e. The lowest BCUT2D eigenvalue weighted by atomic mass is 10.1. The third kappa shape index (κ3) is 4.72.